The molecule has 0 radical (unpaired) electrons. The lowest BCUT2D eigenvalue weighted by atomic mass is 10.1. The number of benzene rings is 1. The Morgan fingerprint density at radius 1 is 1.25 bits per heavy atom. The summed E-state index contributed by atoms with van der Waals surface area (Å²) in [4.78, 5) is 0. The Morgan fingerprint density at radius 2 is 2.20 bits per heavy atom. The second-order valence-electron chi connectivity index (χ2n) is 5.16. The molecule has 1 N–H and O–H groups in total. The molecule has 1 unspecified atom stereocenters. The third kappa shape index (κ3) is 2.99. The van der Waals surface area contributed by atoms with Crippen molar-refractivity contribution in [3.05, 3.63) is 30.2 Å². The van der Waals surface area contributed by atoms with Crippen LogP contribution in [0.25, 0.3) is 11.5 Å². The number of hydrogen-bond acceptors (Lipinski definition) is 5. The molecule has 106 valence electrons. The predicted octanol–water partition coefficient (Wildman–Crippen LogP) is 3.03. The van der Waals surface area contributed by atoms with Crippen LogP contribution in [0, 0.1) is 6.92 Å². The molecular weight excluding hydrogens is 254 g/mol. The van der Waals surface area contributed by atoms with E-state index >= 15 is 0 Å². The molecule has 1 aromatic heterocycles. The number of nitrogens with one attached hydrogen (secondary N) is 1. The van der Waals surface area contributed by atoms with Gasteiger partial charge in [-0.3, -0.25) is 0 Å². The van der Waals surface area contributed by atoms with Gasteiger partial charge in [0.2, 0.25) is 12.3 Å². The third-order valence-corrected chi connectivity index (χ3v) is 3.64. The van der Waals surface area contributed by atoms with E-state index in [4.69, 9.17) is 9.15 Å². The van der Waals surface area contributed by atoms with Gasteiger partial charge in [0.25, 0.3) is 0 Å². The van der Waals surface area contributed by atoms with Crippen molar-refractivity contribution in [2.45, 2.75) is 32.2 Å². The van der Waals surface area contributed by atoms with Crippen molar-refractivity contribution >= 4 is 5.69 Å². The van der Waals surface area contributed by atoms with Gasteiger partial charge in [0.1, 0.15) is 0 Å². The molecule has 0 amide bonds. The summed E-state index contributed by atoms with van der Waals surface area (Å²) in [6.45, 7) is 3.82. The number of nitrogens with zero attached hydrogens (tertiary/aromatic N) is 2. The highest BCUT2D eigenvalue weighted by Crippen LogP contribution is 2.25. The molecule has 20 heavy (non-hydrogen) atoms. The maximum absolute atomic E-state index is 5.49. The van der Waals surface area contributed by atoms with E-state index in [1.54, 1.807) is 0 Å². The summed E-state index contributed by atoms with van der Waals surface area (Å²) >= 11 is 0. The van der Waals surface area contributed by atoms with Gasteiger partial charge in [0, 0.05) is 30.5 Å². The Morgan fingerprint density at radius 3 is 3.00 bits per heavy atom. The summed E-state index contributed by atoms with van der Waals surface area (Å²) in [6, 6.07) is 6.66. The van der Waals surface area contributed by atoms with Crippen molar-refractivity contribution in [2.75, 3.05) is 18.5 Å². The van der Waals surface area contributed by atoms with E-state index in [1.807, 2.05) is 6.07 Å². The van der Waals surface area contributed by atoms with Crippen molar-refractivity contribution in [1.29, 1.82) is 0 Å². The number of ether oxygens (including phenoxy) is 1. The first-order chi connectivity index (χ1) is 9.83. The molecule has 0 bridgehead atoms. The molecule has 0 spiro atoms. The molecule has 1 aromatic carbocycles. The van der Waals surface area contributed by atoms with Gasteiger partial charge >= 0.3 is 0 Å². The van der Waals surface area contributed by atoms with E-state index in [0.29, 0.717) is 11.9 Å². The van der Waals surface area contributed by atoms with E-state index in [9.17, 15) is 0 Å². The van der Waals surface area contributed by atoms with Crippen molar-refractivity contribution in [1.82, 2.24) is 10.2 Å². The largest absolute Gasteiger partial charge is 0.423 e. The molecular formula is C15H19N3O2. The van der Waals surface area contributed by atoms with Gasteiger partial charge in [-0.1, -0.05) is 0 Å². The molecule has 1 aliphatic rings. The van der Waals surface area contributed by atoms with E-state index in [-0.39, 0.29) is 0 Å². The highest BCUT2D eigenvalue weighted by Gasteiger charge is 2.13. The second kappa shape index (κ2) is 6.05. The summed E-state index contributed by atoms with van der Waals surface area (Å²) in [5.41, 5.74) is 3.31. The van der Waals surface area contributed by atoms with Crippen LogP contribution in [0.2, 0.25) is 0 Å². The van der Waals surface area contributed by atoms with Crippen molar-refractivity contribution < 1.29 is 9.15 Å². The number of hydrogen-bond donors (Lipinski definition) is 1. The number of aryl methyl sites for hydroxylation is 1. The van der Waals surface area contributed by atoms with Gasteiger partial charge in [0.05, 0.1) is 0 Å². The maximum Gasteiger partial charge on any atom is 0.247 e. The van der Waals surface area contributed by atoms with Crippen LogP contribution < -0.4 is 5.32 Å². The minimum atomic E-state index is 0.491. The Kier molecular flexibility index (Phi) is 3.97. The van der Waals surface area contributed by atoms with Gasteiger partial charge in [-0.05, 0) is 49.9 Å². The van der Waals surface area contributed by atoms with Gasteiger partial charge in [-0.25, -0.2) is 0 Å². The molecule has 1 saturated heterocycles. The molecule has 2 heterocycles. The number of aromatic nitrogens is 2. The zero-order chi connectivity index (χ0) is 13.8. The maximum atomic E-state index is 5.49. The Hall–Kier alpha value is -1.88. The average Bonchev–Trinajstić information content (AvgIpc) is 2.87. The molecule has 1 fully saturated rings. The van der Waals surface area contributed by atoms with Crippen LogP contribution in [0.4, 0.5) is 5.69 Å². The Balaban J connectivity index is 1.74. The van der Waals surface area contributed by atoms with Crippen molar-refractivity contribution in [3.8, 4) is 11.5 Å². The smallest absolute Gasteiger partial charge is 0.247 e. The zero-order valence-electron chi connectivity index (χ0n) is 11.6. The first-order valence-electron chi connectivity index (χ1n) is 7.04. The highest BCUT2D eigenvalue weighted by molar-refractivity contribution is 5.62. The van der Waals surface area contributed by atoms with E-state index in [1.165, 1.54) is 17.6 Å². The summed E-state index contributed by atoms with van der Waals surface area (Å²) in [6.07, 6.45) is 4.69. The fourth-order valence-corrected chi connectivity index (χ4v) is 2.53. The van der Waals surface area contributed by atoms with Crippen molar-refractivity contribution in [3.63, 3.8) is 0 Å². The van der Waals surface area contributed by atoms with Gasteiger partial charge < -0.3 is 14.5 Å². The van der Waals surface area contributed by atoms with E-state index < -0.39 is 0 Å². The standard InChI is InChI=1S/C15H19N3O2/c1-11-9-12(15-18-16-10-20-15)4-5-14(11)17-13-3-2-7-19-8-6-13/h4-5,9-10,13,17H,2-3,6-8H2,1H3. The lowest BCUT2D eigenvalue weighted by Crippen LogP contribution is -2.20. The SMILES string of the molecule is Cc1cc(-c2nnco2)ccc1NC1CCCOCC1. The van der Waals surface area contributed by atoms with Crippen LogP contribution in [0.15, 0.2) is 29.0 Å². The minimum absolute atomic E-state index is 0.491. The molecule has 2 aromatic rings. The monoisotopic (exact) mass is 273 g/mol. The first-order valence-corrected chi connectivity index (χ1v) is 7.04. The second-order valence-corrected chi connectivity index (χ2v) is 5.16. The molecule has 1 atom stereocenters. The van der Waals surface area contributed by atoms with Gasteiger partial charge in [-0.15, -0.1) is 10.2 Å². The third-order valence-electron chi connectivity index (χ3n) is 3.64. The normalized spacial score (nSPS) is 19.6. The molecule has 5 nitrogen and oxygen atoms in total. The fraction of sp³-hybridized carbons (Fsp3) is 0.467. The molecule has 5 heteroatoms. The zero-order valence-corrected chi connectivity index (χ0v) is 11.6. The van der Waals surface area contributed by atoms with Crippen LogP contribution in [0.3, 0.4) is 0 Å². The van der Waals surface area contributed by atoms with Gasteiger partial charge in [0.15, 0.2) is 0 Å². The van der Waals surface area contributed by atoms with E-state index in [0.717, 1.165) is 38.0 Å². The molecule has 1 aliphatic heterocycles. The summed E-state index contributed by atoms with van der Waals surface area (Å²) < 4.78 is 10.7. The first kappa shape index (κ1) is 13.1. The Bertz CT molecular complexity index is 546. The number of rotatable bonds is 3. The summed E-state index contributed by atoms with van der Waals surface area (Å²) in [5.74, 6) is 0.558. The molecule has 0 aliphatic carbocycles. The quantitative estimate of drug-likeness (QED) is 0.931. The topological polar surface area (TPSA) is 60.2 Å². The predicted molar refractivity (Wildman–Crippen MR) is 76.6 cm³/mol. The average molecular weight is 273 g/mol. The Labute approximate surface area is 118 Å². The van der Waals surface area contributed by atoms with Crippen LogP contribution in [-0.4, -0.2) is 29.5 Å². The van der Waals surface area contributed by atoms with Crippen LogP contribution in [0.5, 0.6) is 0 Å². The van der Waals surface area contributed by atoms with Crippen LogP contribution in [-0.2, 0) is 4.74 Å². The fourth-order valence-electron chi connectivity index (χ4n) is 2.53. The van der Waals surface area contributed by atoms with Crippen molar-refractivity contribution in [2.24, 2.45) is 0 Å². The lowest BCUT2D eigenvalue weighted by Gasteiger charge is -2.19. The highest BCUT2D eigenvalue weighted by atomic mass is 16.5. The minimum Gasteiger partial charge on any atom is -0.423 e. The molecule has 0 saturated carbocycles. The number of anilines is 1. The summed E-state index contributed by atoms with van der Waals surface area (Å²) in [7, 11) is 0. The van der Waals surface area contributed by atoms with Crippen LogP contribution >= 0.6 is 0 Å². The van der Waals surface area contributed by atoms with E-state index in [2.05, 4.69) is 34.6 Å². The summed E-state index contributed by atoms with van der Waals surface area (Å²) in [5, 5.41) is 11.3. The van der Waals surface area contributed by atoms with Crippen LogP contribution in [0.1, 0.15) is 24.8 Å². The molecule has 3 rings (SSSR count). The van der Waals surface area contributed by atoms with Gasteiger partial charge in [-0.2, -0.15) is 0 Å². The lowest BCUT2D eigenvalue weighted by molar-refractivity contribution is 0.144.